The number of rotatable bonds is 11. The lowest BCUT2D eigenvalue weighted by Gasteiger charge is -2.19. The van der Waals surface area contributed by atoms with Crippen LogP contribution in [-0.2, 0) is 10.5 Å². The summed E-state index contributed by atoms with van der Waals surface area (Å²) in [6.07, 6.45) is 1.07. The molecule has 2 aromatic rings. The number of nitrogens with one attached hydrogen (secondary N) is 1. The van der Waals surface area contributed by atoms with E-state index in [-0.39, 0.29) is 5.91 Å². The largest absolute Gasteiger partial charge is 0.383 e. The highest BCUT2D eigenvalue weighted by Gasteiger charge is 2.12. The normalized spacial score (nSPS) is 11.0. The first-order valence-electron chi connectivity index (χ1n) is 10.0. The van der Waals surface area contributed by atoms with E-state index >= 15 is 0 Å². The first-order valence-corrected chi connectivity index (χ1v) is 11.0. The van der Waals surface area contributed by atoms with Gasteiger partial charge in [-0.2, -0.15) is 0 Å². The van der Waals surface area contributed by atoms with Gasteiger partial charge in [-0.15, -0.1) is 0 Å². The molecule has 0 radical (unpaired) electrons. The van der Waals surface area contributed by atoms with Gasteiger partial charge in [0.2, 0.25) is 0 Å². The Morgan fingerprint density at radius 2 is 1.97 bits per heavy atom. The van der Waals surface area contributed by atoms with Gasteiger partial charge in [-0.25, -0.2) is 9.97 Å². The Kier molecular flexibility index (Phi) is 9.41. The third kappa shape index (κ3) is 7.33. The van der Waals surface area contributed by atoms with E-state index in [1.165, 1.54) is 0 Å². The minimum Gasteiger partial charge on any atom is -0.383 e. The topological polar surface area (TPSA) is 67.4 Å². The molecule has 2 rings (SSSR count). The van der Waals surface area contributed by atoms with Gasteiger partial charge in [0, 0.05) is 50.3 Å². The molecule has 29 heavy (non-hydrogen) atoms. The molecule has 0 bridgehead atoms. The van der Waals surface area contributed by atoms with Crippen LogP contribution < -0.4 is 10.2 Å². The SMILES string of the molecule is CCCN(C)c1cc(C(C)C)nc(SCc2ccc(C(=O)NCCOC)cc2)n1. The predicted molar refractivity (Wildman–Crippen MR) is 120 cm³/mol. The first kappa shape index (κ1) is 23.2. The maximum Gasteiger partial charge on any atom is 0.251 e. The van der Waals surface area contributed by atoms with E-state index in [4.69, 9.17) is 14.7 Å². The van der Waals surface area contributed by atoms with Crippen molar-refractivity contribution < 1.29 is 9.53 Å². The minimum absolute atomic E-state index is 0.0853. The molecule has 1 N–H and O–H groups in total. The lowest BCUT2D eigenvalue weighted by molar-refractivity contribution is 0.0937. The fourth-order valence-corrected chi connectivity index (χ4v) is 3.52. The zero-order valence-corrected chi connectivity index (χ0v) is 18.9. The molecule has 0 atom stereocenters. The Bertz CT molecular complexity index is 781. The van der Waals surface area contributed by atoms with Crippen LogP contribution in [0.3, 0.4) is 0 Å². The first-order chi connectivity index (χ1) is 13.9. The lowest BCUT2D eigenvalue weighted by atomic mass is 10.1. The Morgan fingerprint density at radius 3 is 2.59 bits per heavy atom. The van der Waals surface area contributed by atoms with Crippen molar-refractivity contribution in [2.24, 2.45) is 0 Å². The highest BCUT2D eigenvalue weighted by molar-refractivity contribution is 7.98. The van der Waals surface area contributed by atoms with Crippen molar-refractivity contribution in [2.75, 3.05) is 38.8 Å². The number of thioether (sulfide) groups is 1. The van der Waals surface area contributed by atoms with Crippen molar-refractivity contribution in [3.8, 4) is 0 Å². The Hall–Kier alpha value is -2.12. The Morgan fingerprint density at radius 1 is 1.24 bits per heavy atom. The Labute approximate surface area is 178 Å². The van der Waals surface area contributed by atoms with Gasteiger partial charge >= 0.3 is 0 Å². The molecule has 0 saturated carbocycles. The van der Waals surface area contributed by atoms with Crippen molar-refractivity contribution in [2.45, 2.75) is 44.0 Å². The van der Waals surface area contributed by atoms with E-state index < -0.39 is 0 Å². The number of benzene rings is 1. The van der Waals surface area contributed by atoms with Crippen LogP contribution in [0.25, 0.3) is 0 Å². The van der Waals surface area contributed by atoms with Crippen molar-refractivity contribution >= 4 is 23.5 Å². The summed E-state index contributed by atoms with van der Waals surface area (Å²) in [6.45, 7) is 8.44. The second-order valence-corrected chi connectivity index (χ2v) is 8.19. The quantitative estimate of drug-likeness (QED) is 0.338. The van der Waals surface area contributed by atoms with E-state index in [9.17, 15) is 4.79 Å². The fourth-order valence-electron chi connectivity index (χ4n) is 2.70. The maximum atomic E-state index is 12.1. The van der Waals surface area contributed by atoms with Gasteiger partial charge in [-0.3, -0.25) is 4.79 Å². The van der Waals surface area contributed by atoms with Crippen LogP contribution >= 0.6 is 11.8 Å². The van der Waals surface area contributed by atoms with Gasteiger partial charge in [-0.1, -0.05) is 44.7 Å². The molecular formula is C22H32N4O2S. The lowest BCUT2D eigenvalue weighted by Crippen LogP contribution is -2.26. The molecule has 1 aromatic carbocycles. The number of carbonyl (C=O) groups is 1. The fraction of sp³-hybridized carbons (Fsp3) is 0.500. The number of aromatic nitrogens is 2. The summed E-state index contributed by atoms with van der Waals surface area (Å²) in [6, 6.07) is 9.75. The number of hydrogen-bond donors (Lipinski definition) is 1. The van der Waals surface area contributed by atoms with Crippen LogP contribution in [0.2, 0.25) is 0 Å². The second kappa shape index (κ2) is 11.8. The van der Waals surface area contributed by atoms with Gasteiger partial charge in [0.05, 0.1) is 6.61 Å². The van der Waals surface area contributed by atoms with Gasteiger partial charge < -0.3 is 15.0 Å². The smallest absolute Gasteiger partial charge is 0.251 e. The zero-order valence-electron chi connectivity index (χ0n) is 18.1. The summed E-state index contributed by atoms with van der Waals surface area (Å²) in [5.74, 6) is 1.99. The molecule has 0 aliphatic heterocycles. The minimum atomic E-state index is -0.0853. The number of methoxy groups -OCH3 is 1. The average Bonchev–Trinajstić information content (AvgIpc) is 2.72. The van der Waals surface area contributed by atoms with Gasteiger partial charge in [0.1, 0.15) is 5.82 Å². The maximum absolute atomic E-state index is 12.1. The molecule has 0 spiro atoms. The number of nitrogens with zero attached hydrogens (tertiary/aromatic N) is 3. The third-order valence-corrected chi connectivity index (χ3v) is 5.35. The van der Waals surface area contributed by atoms with E-state index in [0.29, 0.717) is 24.6 Å². The molecule has 1 amide bonds. The predicted octanol–water partition coefficient (Wildman–Crippen LogP) is 4.11. The molecule has 0 aliphatic rings. The van der Waals surface area contributed by atoms with Gasteiger partial charge in [0.15, 0.2) is 5.16 Å². The molecule has 6 nitrogen and oxygen atoms in total. The summed E-state index contributed by atoms with van der Waals surface area (Å²) >= 11 is 1.62. The van der Waals surface area contributed by atoms with Crippen LogP contribution in [0, 0.1) is 0 Å². The molecule has 0 aliphatic carbocycles. The van der Waals surface area contributed by atoms with Crippen molar-refractivity contribution in [3.05, 3.63) is 47.2 Å². The van der Waals surface area contributed by atoms with Gasteiger partial charge in [0.25, 0.3) is 5.91 Å². The second-order valence-electron chi connectivity index (χ2n) is 7.24. The molecule has 1 aromatic heterocycles. The van der Waals surface area contributed by atoms with Crippen molar-refractivity contribution in [3.63, 3.8) is 0 Å². The van der Waals surface area contributed by atoms with Crippen LogP contribution in [0.15, 0.2) is 35.5 Å². The van der Waals surface area contributed by atoms with E-state index in [1.54, 1.807) is 18.9 Å². The third-order valence-electron chi connectivity index (χ3n) is 4.43. The number of amides is 1. The van der Waals surface area contributed by atoms with E-state index in [0.717, 1.165) is 41.0 Å². The molecule has 0 saturated heterocycles. The number of hydrogen-bond acceptors (Lipinski definition) is 6. The summed E-state index contributed by atoms with van der Waals surface area (Å²) < 4.78 is 4.95. The Balaban J connectivity index is 2.04. The monoisotopic (exact) mass is 416 g/mol. The summed E-state index contributed by atoms with van der Waals surface area (Å²) in [5.41, 5.74) is 2.84. The van der Waals surface area contributed by atoms with Crippen LogP contribution in [0.1, 0.15) is 54.7 Å². The number of carbonyl (C=O) groups excluding carboxylic acids is 1. The van der Waals surface area contributed by atoms with Crippen LogP contribution in [-0.4, -0.2) is 49.7 Å². The van der Waals surface area contributed by atoms with Crippen LogP contribution in [0.4, 0.5) is 5.82 Å². The zero-order chi connectivity index (χ0) is 21.2. The van der Waals surface area contributed by atoms with E-state index in [2.05, 4.69) is 44.1 Å². The molecular weight excluding hydrogens is 384 g/mol. The summed E-state index contributed by atoms with van der Waals surface area (Å²) in [5, 5.41) is 3.61. The number of ether oxygens (including phenoxy) is 1. The van der Waals surface area contributed by atoms with E-state index in [1.807, 2.05) is 24.3 Å². The average molecular weight is 417 g/mol. The molecule has 7 heteroatoms. The summed E-state index contributed by atoms with van der Waals surface area (Å²) in [7, 11) is 3.69. The van der Waals surface area contributed by atoms with Crippen molar-refractivity contribution in [1.29, 1.82) is 0 Å². The molecule has 1 heterocycles. The van der Waals surface area contributed by atoms with Gasteiger partial charge in [-0.05, 0) is 30.0 Å². The standard InChI is InChI=1S/C22H32N4O2S/c1-6-12-26(4)20-14-19(16(2)3)24-22(25-20)29-15-17-7-9-18(10-8-17)21(27)23-11-13-28-5/h7-10,14,16H,6,11-13,15H2,1-5H3,(H,23,27). The summed E-state index contributed by atoms with van der Waals surface area (Å²) in [4.78, 5) is 23.7. The highest BCUT2D eigenvalue weighted by atomic mass is 32.2. The highest BCUT2D eigenvalue weighted by Crippen LogP contribution is 2.25. The number of anilines is 1. The molecule has 158 valence electrons. The molecule has 0 fully saturated rings. The van der Waals surface area contributed by atoms with Crippen LogP contribution in [0.5, 0.6) is 0 Å². The van der Waals surface area contributed by atoms with Crippen molar-refractivity contribution in [1.82, 2.24) is 15.3 Å². The molecule has 0 unspecified atom stereocenters.